The van der Waals surface area contributed by atoms with Crippen LogP contribution in [-0.4, -0.2) is 96.7 Å². The van der Waals surface area contributed by atoms with Crippen LogP contribution in [0.3, 0.4) is 0 Å². The zero-order valence-corrected chi connectivity index (χ0v) is 59.0. The summed E-state index contributed by atoms with van der Waals surface area (Å²) in [5, 5.41) is 10.6. The molecule has 3 N–H and O–H groups in total. The lowest BCUT2D eigenvalue weighted by atomic mass is 9.99. The van der Waals surface area contributed by atoms with Crippen LogP contribution in [0.4, 0.5) is 0 Å². The van der Waals surface area contributed by atoms with Gasteiger partial charge in [0.15, 0.2) is 12.2 Å². The van der Waals surface area contributed by atoms with Crippen LogP contribution in [0, 0.1) is 17.8 Å². The third-order valence-electron chi connectivity index (χ3n) is 16.6. The van der Waals surface area contributed by atoms with Crippen molar-refractivity contribution in [3.63, 3.8) is 0 Å². The summed E-state index contributed by atoms with van der Waals surface area (Å²) in [5.74, 6) is 0.0970. The molecule has 0 rings (SSSR count). The fraction of sp³-hybridized carbons (Fsp3) is 0.942. The summed E-state index contributed by atoms with van der Waals surface area (Å²) in [4.78, 5) is 72.5. The number of hydrogen-bond donors (Lipinski definition) is 3. The average molecular weight is 1300 g/mol. The molecule has 0 heterocycles. The van der Waals surface area contributed by atoms with Gasteiger partial charge in [0.25, 0.3) is 0 Å². The van der Waals surface area contributed by atoms with Crippen LogP contribution in [0.25, 0.3) is 0 Å². The number of hydrogen-bond acceptors (Lipinski definition) is 15. The average Bonchev–Trinajstić information content (AvgIpc) is 3.68. The van der Waals surface area contributed by atoms with Gasteiger partial charge in [-0.2, -0.15) is 0 Å². The molecule has 0 aromatic carbocycles. The Labute approximate surface area is 537 Å². The molecule has 0 amide bonds. The van der Waals surface area contributed by atoms with E-state index in [1.54, 1.807) is 0 Å². The van der Waals surface area contributed by atoms with Gasteiger partial charge in [0.05, 0.1) is 26.4 Å². The second-order valence-electron chi connectivity index (χ2n) is 25.9. The van der Waals surface area contributed by atoms with Gasteiger partial charge in [-0.3, -0.25) is 37.3 Å². The van der Waals surface area contributed by atoms with Crippen LogP contribution in [-0.2, 0) is 65.4 Å². The molecular formula is C69H134O17P2. The minimum absolute atomic E-state index is 0.103. The summed E-state index contributed by atoms with van der Waals surface area (Å²) in [5.41, 5.74) is 0. The third kappa shape index (κ3) is 60.3. The summed E-state index contributed by atoms with van der Waals surface area (Å²) >= 11 is 0. The van der Waals surface area contributed by atoms with Crippen molar-refractivity contribution >= 4 is 39.5 Å². The van der Waals surface area contributed by atoms with Crippen LogP contribution in [0.5, 0.6) is 0 Å². The van der Waals surface area contributed by atoms with Crippen LogP contribution in [0.15, 0.2) is 0 Å². The summed E-state index contributed by atoms with van der Waals surface area (Å²) < 4.78 is 68.2. The molecular weight excluding hydrogens is 1160 g/mol. The van der Waals surface area contributed by atoms with Gasteiger partial charge >= 0.3 is 39.5 Å². The molecule has 88 heavy (non-hydrogen) atoms. The predicted molar refractivity (Wildman–Crippen MR) is 354 cm³/mol. The van der Waals surface area contributed by atoms with Crippen molar-refractivity contribution in [2.45, 2.75) is 362 Å². The first-order valence-electron chi connectivity index (χ1n) is 35.9. The van der Waals surface area contributed by atoms with Gasteiger partial charge in [-0.05, 0) is 43.4 Å². The van der Waals surface area contributed by atoms with Gasteiger partial charge in [-0.1, -0.05) is 292 Å². The van der Waals surface area contributed by atoms with Crippen LogP contribution < -0.4 is 0 Å². The Morgan fingerprint density at radius 1 is 0.330 bits per heavy atom. The monoisotopic (exact) mass is 1300 g/mol. The molecule has 19 heteroatoms. The highest BCUT2D eigenvalue weighted by Crippen LogP contribution is 2.45. The molecule has 0 aromatic heterocycles. The molecule has 0 aliphatic heterocycles. The highest BCUT2D eigenvalue weighted by molar-refractivity contribution is 7.47. The van der Waals surface area contributed by atoms with E-state index in [1.165, 1.54) is 148 Å². The standard InChI is InChI=1S/C69H134O17P2/c1-8-11-12-13-14-15-16-17-18-19-20-21-29-38-45-52-68(73)85-64(56-79-66(71)50-43-36-28-25-23-27-34-41-48-61(6)9-2)58-83-87(75,76)81-54-63(70)55-82-88(77,78)84-59-65(57-80-67(72)51-44-37-32-31-35-42-49-62(7)10-3)86-69(74)53-46-39-30-24-22-26-33-40-47-60(4)5/h60-65,70H,8-59H2,1-7H3,(H,75,76)(H,77,78)/t61?,62?,63-,64-,65-/m1/s1. The largest absolute Gasteiger partial charge is 0.472 e. The molecule has 0 fully saturated rings. The van der Waals surface area contributed by atoms with Crippen molar-refractivity contribution in [3.8, 4) is 0 Å². The van der Waals surface area contributed by atoms with Crippen LogP contribution in [0.1, 0.15) is 344 Å². The Morgan fingerprint density at radius 3 is 0.864 bits per heavy atom. The number of phosphoric acid groups is 2. The van der Waals surface area contributed by atoms with Gasteiger partial charge in [0.2, 0.25) is 0 Å². The van der Waals surface area contributed by atoms with E-state index in [4.69, 9.17) is 37.0 Å². The number of carbonyl (C=O) groups is 4. The molecule has 0 aromatic rings. The molecule has 7 atom stereocenters. The highest BCUT2D eigenvalue weighted by atomic mass is 31.2. The molecule has 0 aliphatic carbocycles. The zero-order chi connectivity index (χ0) is 65.2. The molecule has 17 nitrogen and oxygen atoms in total. The Bertz CT molecular complexity index is 1740. The second kappa shape index (κ2) is 60.0. The molecule has 0 spiro atoms. The Hall–Kier alpha value is -1.94. The van der Waals surface area contributed by atoms with Crippen molar-refractivity contribution in [2.75, 3.05) is 39.6 Å². The lowest BCUT2D eigenvalue weighted by molar-refractivity contribution is -0.161. The number of carbonyl (C=O) groups excluding carboxylic acids is 4. The minimum atomic E-state index is -4.95. The van der Waals surface area contributed by atoms with Crippen molar-refractivity contribution in [2.24, 2.45) is 17.8 Å². The first-order valence-corrected chi connectivity index (χ1v) is 38.9. The smallest absolute Gasteiger partial charge is 0.462 e. The van der Waals surface area contributed by atoms with Crippen molar-refractivity contribution in [1.82, 2.24) is 0 Å². The number of aliphatic hydroxyl groups is 1. The van der Waals surface area contributed by atoms with Gasteiger partial charge in [-0.25, -0.2) is 9.13 Å². The quantitative estimate of drug-likeness (QED) is 0.0222. The number of phosphoric ester groups is 2. The number of unbranched alkanes of at least 4 members (excludes halogenated alkanes) is 33. The molecule has 0 aliphatic rings. The molecule has 0 saturated carbocycles. The molecule has 0 saturated heterocycles. The number of esters is 4. The summed E-state index contributed by atoms with van der Waals surface area (Å²) in [6.45, 7) is 11.8. The first-order chi connectivity index (χ1) is 42.3. The lowest BCUT2D eigenvalue weighted by Crippen LogP contribution is -2.30. The fourth-order valence-corrected chi connectivity index (χ4v) is 11.9. The SMILES string of the molecule is CCCCCCCCCCCCCCCCCC(=O)O[C@H](COC(=O)CCCCCCCCCCC(C)CC)COP(=O)(O)OC[C@@H](O)COP(=O)(O)OC[C@@H](COC(=O)CCCCCCCCC(C)CC)OC(=O)CCCCCCCCCCC(C)C. The lowest BCUT2D eigenvalue weighted by Gasteiger charge is -2.21. The van der Waals surface area contributed by atoms with Crippen LogP contribution >= 0.6 is 15.6 Å². The van der Waals surface area contributed by atoms with E-state index in [0.29, 0.717) is 25.7 Å². The second-order valence-corrected chi connectivity index (χ2v) is 28.8. The third-order valence-corrected chi connectivity index (χ3v) is 18.5. The topological polar surface area (TPSA) is 237 Å². The zero-order valence-electron chi connectivity index (χ0n) is 57.2. The normalized spacial score (nSPS) is 14.9. The van der Waals surface area contributed by atoms with E-state index in [0.717, 1.165) is 114 Å². The van der Waals surface area contributed by atoms with Gasteiger partial charge < -0.3 is 33.8 Å². The van der Waals surface area contributed by atoms with Crippen molar-refractivity contribution in [3.05, 3.63) is 0 Å². The first kappa shape index (κ1) is 86.1. The van der Waals surface area contributed by atoms with Gasteiger partial charge in [0.1, 0.15) is 19.3 Å². The maximum absolute atomic E-state index is 13.0. The van der Waals surface area contributed by atoms with E-state index in [2.05, 4.69) is 48.5 Å². The Kier molecular flexibility index (Phi) is 58.7. The maximum Gasteiger partial charge on any atom is 0.472 e. The summed E-state index contributed by atoms with van der Waals surface area (Å²) in [6, 6.07) is 0. The molecule has 0 bridgehead atoms. The van der Waals surface area contributed by atoms with E-state index < -0.39 is 97.5 Å². The number of rotatable bonds is 67. The predicted octanol–water partition coefficient (Wildman–Crippen LogP) is 19.5. The maximum atomic E-state index is 13.0. The summed E-state index contributed by atoms with van der Waals surface area (Å²) in [6.07, 6.45) is 43.0. The molecule has 4 unspecified atom stereocenters. The highest BCUT2D eigenvalue weighted by Gasteiger charge is 2.30. The Balaban J connectivity index is 5.26. The fourth-order valence-electron chi connectivity index (χ4n) is 10.3. The van der Waals surface area contributed by atoms with Crippen molar-refractivity contribution < 1.29 is 80.2 Å². The van der Waals surface area contributed by atoms with Crippen molar-refractivity contribution in [1.29, 1.82) is 0 Å². The van der Waals surface area contributed by atoms with Gasteiger partial charge in [0, 0.05) is 25.7 Å². The van der Waals surface area contributed by atoms with E-state index in [1.807, 2.05) is 0 Å². The minimum Gasteiger partial charge on any atom is -0.462 e. The summed E-state index contributed by atoms with van der Waals surface area (Å²) in [7, 11) is -9.90. The van der Waals surface area contributed by atoms with E-state index in [-0.39, 0.29) is 25.7 Å². The molecule has 522 valence electrons. The van der Waals surface area contributed by atoms with E-state index >= 15 is 0 Å². The van der Waals surface area contributed by atoms with Crippen LogP contribution in [0.2, 0.25) is 0 Å². The number of aliphatic hydroxyl groups excluding tert-OH is 1. The Morgan fingerprint density at radius 2 is 0.580 bits per heavy atom. The van der Waals surface area contributed by atoms with E-state index in [9.17, 15) is 43.2 Å². The number of ether oxygens (including phenoxy) is 4. The van der Waals surface area contributed by atoms with Gasteiger partial charge in [-0.15, -0.1) is 0 Å². The molecule has 0 radical (unpaired) electrons.